The van der Waals surface area contributed by atoms with Crippen molar-refractivity contribution in [3.63, 3.8) is 0 Å². The summed E-state index contributed by atoms with van der Waals surface area (Å²) in [7, 11) is 0. The molecule has 4 bridgehead atoms. The van der Waals surface area contributed by atoms with E-state index in [1.165, 1.54) is 30.4 Å². The highest BCUT2D eigenvalue weighted by atomic mass is 16.2. The summed E-state index contributed by atoms with van der Waals surface area (Å²) in [6, 6.07) is 6.50. The molecule has 1 aromatic carbocycles. The number of hydrogen-bond acceptors (Lipinski definition) is 3. The van der Waals surface area contributed by atoms with Gasteiger partial charge in [-0.05, 0) is 92.9 Å². The molecule has 5 heteroatoms. The molecule has 0 radical (unpaired) electrons. The third kappa shape index (κ3) is 2.33. The van der Waals surface area contributed by atoms with Gasteiger partial charge in [-0.2, -0.15) is 5.10 Å². The number of rotatable bonds is 3. The van der Waals surface area contributed by atoms with Crippen LogP contribution >= 0.6 is 0 Å². The number of aryl methyl sites for hydroxylation is 2. The molecule has 5 aliphatic rings. The molecule has 4 saturated carbocycles. The standard InChI is InChI=1S/C22H26N4O/c27-20(25-19-5-4-17-2-1-3-18(17)7-19)21-8-15-6-16(9-21)11-22(10-15,12-21)26-14-23-13-24-26/h4-5,7,13-16H,1-3,6,8-12H2,(H,25,27)/t15-,16-,21?,22?/m0/s1. The zero-order valence-electron chi connectivity index (χ0n) is 15.7. The third-order valence-corrected chi connectivity index (χ3v) is 7.77. The van der Waals surface area contributed by atoms with Crippen LogP contribution in [0.15, 0.2) is 30.9 Å². The number of fused-ring (bicyclic) bond motifs is 1. The van der Waals surface area contributed by atoms with Gasteiger partial charge in [-0.3, -0.25) is 4.79 Å². The molecule has 0 aliphatic heterocycles. The Bertz CT molecular complexity index is 889. The smallest absolute Gasteiger partial charge is 0.230 e. The van der Waals surface area contributed by atoms with Gasteiger partial charge in [0.1, 0.15) is 12.7 Å². The SMILES string of the molecule is O=C(Nc1ccc2c(c1)CCC2)C12C[C@@H]3C[C@@H](C1)CC(n1cncn1)(C3)C2. The Morgan fingerprint density at radius 3 is 2.70 bits per heavy atom. The van der Waals surface area contributed by atoms with Crippen molar-refractivity contribution in [2.45, 2.75) is 63.3 Å². The molecule has 1 aromatic heterocycles. The first-order valence-electron chi connectivity index (χ1n) is 10.4. The first-order chi connectivity index (χ1) is 13.1. The minimum absolute atomic E-state index is 0.00411. The summed E-state index contributed by atoms with van der Waals surface area (Å²) < 4.78 is 2.07. The monoisotopic (exact) mass is 362 g/mol. The normalized spacial score (nSPS) is 36.0. The number of amides is 1. The second-order valence-corrected chi connectivity index (χ2v) is 9.60. The van der Waals surface area contributed by atoms with Gasteiger partial charge in [0.2, 0.25) is 5.91 Å². The molecule has 27 heavy (non-hydrogen) atoms. The molecule has 140 valence electrons. The van der Waals surface area contributed by atoms with Crippen LogP contribution in [0.2, 0.25) is 0 Å². The summed E-state index contributed by atoms with van der Waals surface area (Å²) in [5, 5.41) is 7.80. The summed E-state index contributed by atoms with van der Waals surface area (Å²) in [4.78, 5) is 17.7. The molecule has 5 nitrogen and oxygen atoms in total. The van der Waals surface area contributed by atoms with E-state index in [-0.39, 0.29) is 16.9 Å². The number of carbonyl (C=O) groups is 1. The Morgan fingerprint density at radius 1 is 1.11 bits per heavy atom. The van der Waals surface area contributed by atoms with Gasteiger partial charge in [0.05, 0.1) is 11.0 Å². The molecule has 5 aliphatic carbocycles. The predicted molar refractivity (Wildman–Crippen MR) is 102 cm³/mol. The molecule has 1 amide bonds. The van der Waals surface area contributed by atoms with Gasteiger partial charge in [0.25, 0.3) is 0 Å². The summed E-state index contributed by atoms with van der Waals surface area (Å²) in [5.74, 6) is 1.52. The number of anilines is 1. The maximum atomic E-state index is 13.5. The second kappa shape index (κ2) is 5.43. The maximum Gasteiger partial charge on any atom is 0.230 e. The zero-order chi connectivity index (χ0) is 18.1. The largest absolute Gasteiger partial charge is 0.326 e. The lowest BCUT2D eigenvalue weighted by atomic mass is 9.46. The van der Waals surface area contributed by atoms with Gasteiger partial charge in [-0.25, -0.2) is 9.67 Å². The van der Waals surface area contributed by atoms with Crippen molar-refractivity contribution >= 4 is 11.6 Å². The van der Waals surface area contributed by atoms with E-state index in [4.69, 9.17) is 0 Å². The third-order valence-electron chi connectivity index (χ3n) is 7.77. The van der Waals surface area contributed by atoms with E-state index < -0.39 is 0 Å². The van der Waals surface area contributed by atoms with Crippen LogP contribution in [-0.4, -0.2) is 20.7 Å². The molecule has 0 saturated heterocycles. The van der Waals surface area contributed by atoms with Crippen molar-refractivity contribution in [2.75, 3.05) is 5.32 Å². The van der Waals surface area contributed by atoms with Crippen LogP contribution in [0, 0.1) is 17.3 Å². The van der Waals surface area contributed by atoms with Gasteiger partial charge in [0, 0.05) is 5.69 Å². The fourth-order valence-corrected chi connectivity index (χ4v) is 7.11. The van der Waals surface area contributed by atoms with Crippen LogP contribution < -0.4 is 5.32 Å². The summed E-state index contributed by atoms with van der Waals surface area (Å²) in [5.41, 5.74) is 3.60. The number of nitrogens with one attached hydrogen (secondary N) is 1. The highest BCUT2D eigenvalue weighted by Gasteiger charge is 2.61. The zero-order valence-corrected chi connectivity index (χ0v) is 15.7. The number of benzene rings is 1. The highest BCUT2D eigenvalue weighted by Crippen LogP contribution is 2.64. The lowest BCUT2D eigenvalue weighted by Gasteiger charge is -2.60. The molecule has 0 unspecified atom stereocenters. The average Bonchev–Trinajstić information content (AvgIpc) is 3.32. The van der Waals surface area contributed by atoms with Gasteiger partial charge in [-0.15, -0.1) is 0 Å². The molecule has 1 N–H and O–H groups in total. The van der Waals surface area contributed by atoms with Gasteiger partial charge in [-0.1, -0.05) is 6.07 Å². The summed E-state index contributed by atoms with van der Waals surface area (Å²) in [6.45, 7) is 0. The van der Waals surface area contributed by atoms with Crippen molar-refractivity contribution in [1.29, 1.82) is 0 Å². The van der Waals surface area contributed by atoms with Crippen LogP contribution in [0.3, 0.4) is 0 Å². The van der Waals surface area contributed by atoms with Crippen molar-refractivity contribution in [2.24, 2.45) is 17.3 Å². The topological polar surface area (TPSA) is 59.8 Å². The van der Waals surface area contributed by atoms with Crippen LogP contribution in [-0.2, 0) is 23.2 Å². The van der Waals surface area contributed by atoms with Crippen LogP contribution in [0.5, 0.6) is 0 Å². The fraction of sp³-hybridized carbons (Fsp3) is 0.591. The molecule has 0 spiro atoms. The van der Waals surface area contributed by atoms with Crippen LogP contribution in [0.25, 0.3) is 0 Å². The first-order valence-corrected chi connectivity index (χ1v) is 10.4. The Hall–Kier alpha value is -2.17. The highest BCUT2D eigenvalue weighted by molar-refractivity contribution is 5.96. The van der Waals surface area contributed by atoms with Crippen LogP contribution in [0.4, 0.5) is 5.69 Å². The Labute approximate surface area is 159 Å². The summed E-state index contributed by atoms with van der Waals surface area (Å²) in [6.07, 6.45) is 13.6. The lowest BCUT2D eigenvalue weighted by molar-refractivity contribution is -0.150. The van der Waals surface area contributed by atoms with Crippen LogP contribution in [0.1, 0.15) is 56.1 Å². The van der Waals surface area contributed by atoms with Crippen molar-refractivity contribution in [3.8, 4) is 0 Å². The second-order valence-electron chi connectivity index (χ2n) is 9.60. The summed E-state index contributed by atoms with van der Waals surface area (Å²) >= 11 is 0. The van der Waals surface area contributed by atoms with Gasteiger partial charge >= 0.3 is 0 Å². The van der Waals surface area contributed by atoms with Crippen molar-refractivity contribution < 1.29 is 4.79 Å². The van der Waals surface area contributed by atoms with Gasteiger partial charge < -0.3 is 5.32 Å². The Morgan fingerprint density at radius 2 is 1.93 bits per heavy atom. The minimum atomic E-state index is -0.241. The van der Waals surface area contributed by atoms with Crippen molar-refractivity contribution in [1.82, 2.24) is 14.8 Å². The van der Waals surface area contributed by atoms with E-state index in [1.807, 2.05) is 6.33 Å². The predicted octanol–water partition coefficient (Wildman–Crippen LogP) is 3.70. The molecule has 1 heterocycles. The van der Waals surface area contributed by atoms with E-state index in [0.717, 1.165) is 44.2 Å². The van der Waals surface area contributed by atoms with E-state index in [1.54, 1.807) is 6.33 Å². The number of aromatic nitrogens is 3. The maximum absolute atomic E-state index is 13.5. The fourth-order valence-electron chi connectivity index (χ4n) is 7.11. The lowest BCUT2D eigenvalue weighted by Crippen LogP contribution is -2.60. The molecular formula is C22H26N4O. The Balaban J connectivity index is 1.31. The minimum Gasteiger partial charge on any atom is -0.326 e. The number of carbonyl (C=O) groups excluding carboxylic acids is 1. The van der Waals surface area contributed by atoms with E-state index in [9.17, 15) is 4.79 Å². The quantitative estimate of drug-likeness (QED) is 0.906. The Kier molecular flexibility index (Phi) is 3.19. The average molecular weight is 362 g/mol. The van der Waals surface area contributed by atoms with E-state index in [0.29, 0.717) is 11.8 Å². The molecule has 2 atom stereocenters. The molecule has 2 aromatic rings. The number of nitrogens with zero attached hydrogens (tertiary/aromatic N) is 3. The van der Waals surface area contributed by atoms with Crippen molar-refractivity contribution in [3.05, 3.63) is 42.0 Å². The molecule has 7 rings (SSSR count). The molecule has 4 fully saturated rings. The first kappa shape index (κ1) is 15.8. The number of hydrogen-bond donors (Lipinski definition) is 1. The van der Waals surface area contributed by atoms with Gasteiger partial charge in [0.15, 0.2) is 0 Å². The molecular weight excluding hydrogens is 336 g/mol. The van der Waals surface area contributed by atoms with E-state index in [2.05, 4.69) is 38.3 Å². The van der Waals surface area contributed by atoms with E-state index >= 15 is 0 Å².